The van der Waals surface area contributed by atoms with Crippen LogP contribution >= 0.6 is 0 Å². The number of nitrogens with one attached hydrogen (secondary N) is 1. The number of aliphatic imine (C=N–C) groups is 1. The maximum absolute atomic E-state index is 13.5. The zero-order chi connectivity index (χ0) is 24.5. The summed E-state index contributed by atoms with van der Waals surface area (Å²) in [5.74, 6) is 0.807. The first kappa shape index (κ1) is 22.6. The maximum Gasteiger partial charge on any atom is 0.321 e. The second-order valence-electron chi connectivity index (χ2n) is 8.40. The van der Waals surface area contributed by atoms with Gasteiger partial charge < -0.3 is 24.6 Å². The molecule has 1 N–H and O–H groups in total. The number of nitrogens with zero attached hydrogens (tertiary/aromatic N) is 3. The lowest BCUT2D eigenvalue weighted by Gasteiger charge is -2.36. The largest absolute Gasteiger partial charge is 0.497 e. The van der Waals surface area contributed by atoms with Crippen LogP contribution in [-0.4, -0.2) is 55.0 Å². The number of amidine groups is 1. The Labute approximate surface area is 201 Å². The molecule has 0 unspecified atom stereocenters. The Bertz CT molecular complexity index is 1320. The van der Waals surface area contributed by atoms with Gasteiger partial charge in [0.25, 0.3) is 0 Å². The molecule has 2 amide bonds. The highest BCUT2D eigenvalue weighted by atomic mass is 19.2. The molecule has 2 aliphatic heterocycles. The van der Waals surface area contributed by atoms with Crippen LogP contribution in [0.5, 0.6) is 17.2 Å². The Kier molecular flexibility index (Phi) is 5.98. The van der Waals surface area contributed by atoms with E-state index in [2.05, 4.69) is 10.2 Å². The highest BCUT2D eigenvalue weighted by Gasteiger charge is 2.28. The summed E-state index contributed by atoms with van der Waals surface area (Å²) in [6.07, 6.45) is 0. The zero-order valence-electron chi connectivity index (χ0n) is 19.3. The number of hydrogen-bond acceptors (Lipinski definition) is 5. The van der Waals surface area contributed by atoms with Crippen molar-refractivity contribution in [2.45, 2.75) is 6.92 Å². The third-order valence-corrected chi connectivity index (χ3v) is 6.03. The highest BCUT2D eigenvalue weighted by Crippen LogP contribution is 2.40. The molecule has 7 nitrogen and oxygen atoms in total. The average Bonchev–Trinajstić information content (AvgIpc) is 3.02. The summed E-state index contributed by atoms with van der Waals surface area (Å²) in [5.41, 5.74) is 2.80. The Morgan fingerprint density at radius 2 is 1.77 bits per heavy atom. The molecule has 9 heteroatoms. The van der Waals surface area contributed by atoms with Crippen LogP contribution in [-0.2, 0) is 0 Å². The van der Waals surface area contributed by atoms with Gasteiger partial charge >= 0.3 is 6.03 Å². The second kappa shape index (κ2) is 9.25. The van der Waals surface area contributed by atoms with Crippen LogP contribution in [0.2, 0.25) is 0 Å². The number of anilines is 1. The van der Waals surface area contributed by atoms with Crippen LogP contribution in [0.4, 0.5) is 25.0 Å². The number of piperazine rings is 1. The standard InChI is InChI=1S/C26H24F2N4O3/c1-16-3-7-22-24(13-16)35-23-8-5-18(34-2)15-19(23)25(30-22)31-9-11-32(12-10-31)26(33)29-17-4-6-20(27)21(28)14-17/h3-8,13-15H,9-12H2,1-2H3,(H,29,33). The number of methoxy groups -OCH3 is 1. The van der Waals surface area contributed by atoms with Crippen molar-refractivity contribution in [3.05, 3.63) is 77.4 Å². The van der Waals surface area contributed by atoms with E-state index in [4.69, 9.17) is 14.5 Å². The summed E-state index contributed by atoms with van der Waals surface area (Å²) in [4.78, 5) is 21.4. The van der Waals surface area contributed by atoms with E-state index in [-0.39, 0.29) is 11.7 Å². The van der Waals surface area contributed by atoms with Crippen LogP contribution in [0.15, 0.2) is 59.6 Å². The summed E-state index contributed by atoms with van der Waals surface area (Å²) in [6, 6.07) is 14.4. The van der Waals surface area contributed by atoms with Crippen molar-refractivity contribution < 1.29 is 23.0 Å². The summed E-state index contributed by atoms with van der Waals surface area (Å²) >= 11 is 0. The molecule has 2 heterocycles. The molecule has 180 valence electrons. The smallest absolute Gasteiger partial charge is 0.321 e. The van der Waals surface area contributed by atoms with E-state index in [0.29, 0.717) is 43.4 Å². The number of ether oxygens (including phenoxy) is 2. The lowest BCUT2D eigenvalue weighted by Crippen LogP contribution is -2.51. The normalized spacial score (nSPS) is 14.8. The third-order valence-electron chi connectivity index (χ3n) is 6.03. The predicted octanol–water partition coefficient (Wildman–Crippen LogP) is 5.32. The van der Waals surface area contributed by atoms with Crippen molar-refractivity contribution >= 4 is 23.2 Å². The van der Waals surface area contributed by atoms with Gasteiger partial charge in [-0.1, -0.05) is 6.07 Å². The van der Waals surface area contributed by atoms with E-state index in [0.717, 1.165) is 34.8 Å². The lowest BCUT2D eigenvalue weighted by molar-refractivity contribution is 0.181. The van der Waals surface area contributed by atoms with Gasteiger partial charge in [-0.25, -0.2) is 18.6 Å². The van der Waals surface area contributed by atoms with Gasteiger partial charge in [-0.05, 0) is 55.0 Å². The van der Waals surface area contributed by atoms with E-state index >= 15 is 0 Å². The number of benzene rings is 3. The monoisotopic (exact) mass is 478 g/mol. The fraction of sp³-hybridized carbons (Fsp3) is 0.231. The van der Waals surface area contributed by atoms with Gasteiger partial charge in [0, 0.05) is 37.9 Å². The van der Waals surface area contributed by atoms with E-state index in [1.165, 1.54) is 6.07 Å². The summed E-state index contributed by atoms with van der Waals surface area (Å²) in [7, 11) is 1.61. The van der Waals surface area contributed by atoms with E-state index in [9.17, 15) is 13.6 Å². The molecule has 0 aromatic heterocycles. The van der Waals surface area contributed by atoms with Crippen molar-refractivity contribution in [1.29, 1.82) is 0 Å². The van der Waals surface area contributed by atoms with E-state index in [1.54, 1.807) is 12.0 Å². The van der Waals surface area contributed by atoms with Gasteiger partial charge in [-0.15, -0.1) is 0 Å². The van der Waals surface area contributed by atoms with Crippen LogP contribution in [0.25, 0.3) is 0 Å². The number of rotatable bonds is 2. The summed E-state index contributed by atoms with van der Waals surface area (Å²) in [5, 5.41) is 2.63. The topological polar surface area (TPSA) is 66.4 Å². The zero-order valence-corrected chi connectivity index (χ0v) is 19.3. The molecule has 1 fully saturated rings. The molecule has 0 bridgehead atoms. The first-order chi connectivity index (χ1) is 16.9. The Balaban J connectivity index is 1.37. The first-order valence-electron chi connectivity index (χ1n) is 11.2. The van der Waals surface area contributed by atoms with Gasteiger partial charge in [0.2, 0.25) is 0 Å². The number of urea groups is 1. The fourth-order valence-electron chi connectivity index (χ4n) is 4.13. The Morgan fingerprint density at radius 1 is 0.971 bits per heavy atom. The van der Waals surface area contributed by atoms with Gasteiger partial charge in [0.15, 0.2) is 17.4 Å². The number of amides is 2. The SMILES string of the molecule is COc1ccc2c(c1)C(N1CCN(C(=O)Nc3ccc(F)c(F)c3)CC1)=Nc1ccc(C)cc1O2. The van der Waals surface area contributed by atoms with Crippen LogP contribution in [0, 0.1) is 18.6 Å². The van der Waals surface area contributed by atoms with Crippen molar-refractivity contribution in [2.24, 2.45) is 4.99 Å². The minimum Gasteiger partial charge on any atom is -0.497 e. The summed E-state index contributed by atoms with van der Waals surface area (Å²) < 4.78 is 38.3. The van der Waals surface area contributed by atoms with Gasteiger partial charge in [0.1, 0.15) is 23.0 Å². The Morgan fingerprint density at radius 3 is 2.51 bits per heavy atom. The molecule has 3 aromatic carbocycles. The fourth-order valence-corrected chi connectivity index (χ4v) is 4.13. The molecule has 0 atom stereocenters. The quantitative estimate of drug-likeness (QED) is 0.542. The Hall–Kier alpha value is -4.14. The lowest BCUT2D eigenvalue weighted by atomic mass is 10.1. The number of carbonyl (C=O) groups excluding carboxylic acids is 1. The molecule has 1 saturated heterocycles. The molecular weight excluding hydrogens is 454 g/mol. The van der Waals surface area contributed by atoms with Crippen molar-refractivity contribution in [2.75, 3.05) is 38.6 Å². The minimum absolute atomic E-state index is 0.203. The molecule has 0 spiro atoms. The molecule has 5 rings (SSSR count). The molecule has 0 saturated carbocycles. The van der Waals surface area contributed by atoms with Gasteiger partial charge in [-0.3, -0.25) is 0 Å². The number of carbonyl (C=O) groups is 1. The third kappa shape index (κ3) is 4.62. The second-order valence-corrected chi connectivity index (χ2v) is 8.40. The number of halogens is 2. The van der Waals surface area contributed by atoms with Crippen LogP contribution < -0.4 is 14.8 Å². The minimum atomic E-state index is -1.01. The maximum atomic E-state index is 13.5. The van der Waals surface area contributed by atoms with Gasteiger partial charge in [-0.2, -0.15) is 0 Å². The van der Waals surface area contributed by atoms with Crippen molar-refractivity contribution in [1.82, 2.24) is 9.80 Å². The molecule has 35 heavy (non-hydrogen) atoms. The molecule has 3 aromatic rings. The van der Waals surface area contributed by atoms with Crippen LogP contribution in [0.1, 0.15) is 11.1 Å². The van der Waals surface area contributed by atoms with Crippen molar-refractivity contribution in [3.63, 3.8) is 0 Å². The van der Waals surface area contributed by atoms with Crippen molar-refractivity contribution in [3.8, 4) is 17.2 Å². The number of aryl methyl sites for hydroxylation is 1. The average molecular weight is 478 g/mol. The molecular formula is C26H24F2N4O3. The van der Waals surface area contributed by atoms with Crippen LogP contribution in [0.3, 0.4) is 0 Å². The van der Waals surface area contributed by atoms with E-state index < -0.39 is 11.6 Å². The van der Waals surface area contributed by atoms with Gasteiger partial charge in [0.05, 0.1) is 12.7 Å². The molecule has 0 radical (unpaired) electrons. The predicted molar refractivity (Wildman–Crippen MR) is 129 cm³/mol. The number of fused-ring (bicyclic) bond motifs is 2. The molecule has 2 aliphatic rings. The summed E-state index contributed by atoms with van der Waals surface area (Å²) in [6.45, 7) is 3.91. The molecule has 0 aliphatic carbocycles. The number of hydrogen-bond donors (Lipinski definition) is 1. The first-order valence-corrected chi connectivity index (χ1v) is 11.2. The highest BCUT2D eigenvalue weighted by molar-refractivity contribution is 6.04. The van der Waals surface area contributed by atoms with E-state index in [1.807, 2.05) is 43.3 Å².